The van der Waals surface area contributed by atoms with E-state index in [2.05, 4.69) is 0 Å². The van der Waals surface area contributed by atoms with Crippen LogP contribution in [0.5, 0.6) is 57.5 Å². The van der Waals surface area contributed by atoms with Gasteiger partial charge in [0.2, 0.25) is 0 Å². The number of carbonyl (C=O) groups excluding carboxylic acids is 8. The van der Waals surface area contributed by atoms with Crippen molar-refractivity contribution in [1.29, 1.82) is 0 Å². The van der Waals surface area contributed by atoms with Gasteiger partial charge in [-0.15, -0.1) is 0 Å². The highest BCUT2D eigenvalue weighted by molar-refractivity contribution is 5.90. The summed E-state index contributed by atoms with van der Waals surface area (Å²) in [6, 6.07) is 59.7. The Kier molecular flexibility index (Phi) is 32.6. The highest BCUT2D eigenvalue weighted by atomic mass is 16.6. The first-order valence-corrected chi connectivity index (χ1v) is 42.2. The van der Waals surface area contributed by atoms with E-state index < -0.39 is 134 Å². The van der Waals surface area contributed by atoms with Crippen molar-refractivity contribution in [3.05, 3.63) is 217 Å². The quantitative estimate of drug-likeness (QED) is 0.0258. The minimum absolute atomic E-state index is 0.111. The molecule has 130 heavy (non-hydrogen) atoms. The third-order valence-electron chi connectivity index (χ3n) is 18.2. The maximum absolute atomic E-state index is 14.1. The number of rotatable bonds is 37. The Balaban J connectivity index is 1.11. The molecule has 0 N–H and O–H groups in total. The first-order chi connectivity index (χ1) is 61.3. The largest absolute Gasteiger partial charge is 0.497 e. The Bertz CT molecular complexity index is 5320. The predicted octanol–water partition coefficient (Wildman–Crippen LogP) is 19.9. The summed E-state index contributed by atoms with van der Waals surface area (Å²) in [5.74, 6) is -2.51. The van der Waals surface area contributed by atoms with Crippen LogP contribution in [-0.4, -0.2) is 148 Å². The summed E-state index contributed by atoms with van der Waals surface area (Å²) in [5.41, 5.74) is 2.91. The van der Waals surface area contributed by atoms with Crippen LogP contribution in [0.2, 0.25) is 0 Å². The molecule has 686 valence electrons. The van der Waals surface area contributed by atoms with Gasteiger partial charge in [0.1, 0.15) is 104 Å². The zero-order valence-electron chi connectivity index (χ0n) is 77.3. The molecule has 0 saturated carbocycles. The lowest BCUT2D eigenvalue weighted by atomic mass is 9.93. The Morgan fingerprint density at radius 2 is 0.385 bits per heavy atom. The maximum Gasteiger partial charge on any atom is 0.344 e. The van der Waals surface area contributed by atoms with E-state index in [1.54, 1.807) is 333 Å². The van der Waals surface area contributed by atoms with Gasteiger partial charge in [-0.25, -0.2) is 38.4 Å². The molecule has 10 aromatic carbocycles. The summed E-state index contributed by atoms with van der Waals surface area (Å²) in [6.07, 6.45) is 0. The molecule has 10 aromatic rings. The molecule has 0 fully saturated rings. The number of carbonyl (C=O) groups is 8. The third kappa shape index (κ3) is 30.6. The molecule has 0 amide bonds. The monoisotopic (exact) mass is 1780 g/mol. The van der Waals surface area contributed by atoms with E-state index in [-0.39, 0.29) is 47.7 Å². The molecule has 0 atom stereocenters. The van der Waals surface area contributed by atoms with Crippen LogP contribution < -0.4 is 47.4 Å². The fraction of sp³-hybridized carbons (Fsp3) is 0.346. The maximum atomic E-state index is 14.1. The molecule has 0 saturated heterocycles. The summed E-state index contributed by atoms with van der Waals surface area (Å²) in [7, 11) is 3.09. The number of ether oxygens (including phenoxy) is 18. The van der Waals surface area contributed by atoms with Crippen LogP contribution >= 0.6 is 0 Å². The zero-order chi connectivity index (χ0) is 94.5. The minimum Gasteiger partial charge on any atom is -0.497 e. The molecular formula is C104H114O26. The van der Waals surface area contributed by atoms with Gasteiger partial charge in [-0.3, -0.25) is 0 Å². The number of esters is 8. The lowest BCUT2D eigenvalue weighted by molar-refractivity contribution is -0.158. The van der Waals surface area contributed by atoms with Gasteiger partial charge < -0.3 is 85.3 Å². The van der Waals surface area contributed by atoms with Gasteiger partial charge >= 0.3 is 47.8 Å². The fourth-order valence-corrected chi connectivity index (χ4v) is 13.1. The molecule has 0 aromatic heterocycles. The second-order valence-electron chi connectivity index (χ2n) is 36.1. The number of methoxy groups -OCH3 is 2. The SMILES string of the molecule is COc1ccc(COC(=O)COc2cc(-c3ccc(-c4ccc(-c5ccc(-c6ccccc6OCC(=O)OC(C)(C)C)c(OCC(=O)OC(C)(C)C)c5)cc4OCC(=O)OC(C)(C)C)c(OCC(=O)OCc4ccc(OC)cc4)c3)ccc2-c2ccc(-c3ccc(-c4ccccc4OCC(=O)OC(C)(C)C)c(OCC(=O)OC(C)(C)C)c3)cc2OCC(=O)OC(C)(C)C)cc1. The van der Waals surface area contributed by atoms with E-state index in [4.69, 9.17) is 85.3 Å². The smallest absolute Gasteiger partial charge is 0.344 e. The van der Waals surface area contributed by atoms with Crippen molar-refractivity contribution in [2.24, 2.45) is 0 Å². The molecule has 0 heterocycles. The third-order valence-corrected chi connectivity index (χ3v) is 18.2. The average molecular weight is 1780 g/mol. The second-order valence-corrected chi connectivity index (χ2v) is 36.1. The number of hydrogen-bond acceptors (Lipinski definition) is 26. The summed E-state index contributed by atoms with van der Waals surface area (Å²) in [6.45, 7) is 26.9. The van der Waals surface area contributed by atoms with Crippen molar-refractivity contribution < 1.29 is 124 Å². The first kappa shape index (κ1) is 98.1. The molecule has 0 aliphatic carbocycles. The van der Waals surface area contributed by atoms with Crippen LogP contribution in [0.4, 0.5) is 0 Å². The predicted molar refractivity (Wildman–Crippen MR) is 489 cm³/mol. The highest BCUT2D eigenvalue weighted by Crippen LogP contribution is 2.48. The van der Waals surface area contributed by atoms with E-state index >= 15 is 0 Å². The minimum atomic E-state index is -0.906. The van der Waals surface area contributed by atoms with Gasteiger partial charge in [-0.2, -0.15) is 0 Å². The van der Waals surface area contributed by atoms with Crippen LogP contribution in [0.1, 0.15) is 136 Å². The Hall–Kier alpha value is -14.0. The number of hydrogen-bond donors (Lipinski definition) is 0. The fourth-order valence-electron chi connectivity index (χ4n) is 13.1. The van der Waals surface area contributed by atoms with Crippen LogP contribution in [-0.2, 0) is 89.5 Å². The second kappa shape index (κ2) is 43.2. The lowest BCUT2D eigenvalue weighted by Crippen LogP contribution is -2.27. The van der Waals surface area contributed by atoms with E-state index in [0.717, 1.165) is 0 Å². The molecule has 10 rings (SSSR count). The highest BCUT2D eigenvalue weighted by Gasteiger charge is 2.29. The van der Waals surface area contributed by atoms with Gasteiger partial charge in [-0.1, -0.05) is 97.1 Å². The summed E-state index contributed by atoms with van der Waals surface area (Å²) in [4.78, 5) is 109. The normalized spacial score (nSPS) is 11.6. The standard InChI is InChI=1S/C104H114O26/c1-99(2,3)125-93(107)59-115-83-27-23-21-25-75(83)77-43-33-67(49-85(77)119-61-95(109)127-101(7,8)9)71-37-47-81(89(53-71)121-63-97(111)129-103(13,14)15)79-45-35-69(51-87(79)117-57-91(105)123-55-65-29-39-73(113-19)40-30-65)70-36-46-80(88(52-70)118-58-92(106)124-56-66-31-41-74(114-20)42-32-66)82-48-38-72(54-90(82)122-64-98(112)130-104(16,17)18)68-34-44-78(86(50-68)120-62-96(110)128-102(10,11)12)76-26-22-24-28-84(76)116-60-94(108)126-100(4,5)6/h21-54H,55-64H2,1-20H3. The van der Waals surface area contributed by atoms with E-state index in [9.17, 15) is 38.4 Å². The molecule has 0 spiro atoms. The summed E-state index contributed by atoms with van der Waals surface area (Å²) in [5, 5.41) is 0. The van der Waals surface area contributed by atoms with E-state index in [0.29, 0.717) is 112 Å². The van der Waals surface area contributed by atoms with Gasteiger partial charge in [0.05, 0.1) is 14.2 Å². The first-order valence-electron chi connectivity index (χ1n) is 42.2. The topological polar surface area (TPSA) is 303 Å². The molecule has 0 aliphatic rings. The van der Waals surface area contributed by atoms with Crippen molar-refractivity contribution in [3.8, 4) is 135 Å². The van der Waals surface area contributed by atoms with E-state index in [1.165, 1.54) is 0 Å². The lowest BCUT2D eigenvalue weighted by Gasteiger charge is -2.22. The summed E-state index contributed by atoms with van der Waals surface area (Å²) >= 11 is 0. The number of para-hydroxylation sites is 2. The van der Waals surface area contributed by atoms with Crippen molar-refractivity contribution in [2.75, 3.05) is 67.1 Å². The molecule has 0 bridgehead atoms. The van der Waals surface area contributed by atoms with Gasteiger partial charge in [-0.05, 0) is 278 Å². The molecule has 26 nitrogen and oxygen atoms in total. The van der Waals surface area contributed by atoms with Crippen LogP contribution in [0, 0.1) is 0 Å². The van der Waals surface area contributed by atoms with E-state index in [1.807, 2.05) is 12.1 Å². The van der Waals surface area contributed by atoms with Crippen molar-refractivity contribution in [3.63, 3.8) is 0 Å². The number of benzene rings is 10. The van der Waals surface area contributed by atoms with Gasteiger partial charge in [0, 0.05) is 44.5 Å². The molecule has 26 heteroatoms. The Morgan fingerprint density at radius 1 is 0.208 bits per heavy atom. The zero-order valence-corrected chi connectivity index (χ0v) is 77.3. The molecule has 0 radical (unpaired) electrons. The summed E-state index contributed by atoms with van der Waals surface area (Å²) < 4.78 is 107. The molecule has 0 aliphatic heterocycles. The van der Waals surface area contributed by atoms with Crippen molar-refractivity contribution in [2.45, 2.75) is 171 Å². The van der Waals surface area contributed by atoms with Gasteiger partial charge in [0.25, 0.3) is 0 Å². The van der Waals surface area contributed by atoms with Crippen molar-refractivity contribution in [1.82, 2.24) is 0 Å². The average Bonchev–Trinajstić information content (AvgIpc) is 0.776. The van der Waals surface area contributed by atoms with Crippen LogP contribution in [0.3, 0.4) is 0 Å². The van der Waals surface area contributed by atoms with Crippen molar-refractivity contribution >= 4 is 47.8 Å². The van der Waals surface area contributed by atoms with Gasteiger partial charge in [0.15, 0.2) is 52.9 Å². The van der Waals surface area contributed by atoms with Crippen LogP contribution in [0.15, 0.2) is 206 Å². The van der Waals surface area contributed by atoms with Crippen LogP contribution in [0.25, 0.3) is 77.9 Å². The molecule has 0 unspecified atom stereocenters. The Labute approximate surface area is 758 Å². The Morgan fingerprint density at radius 3 is 0.577 bits per heavy atom. The molecular weight excluding hydrogens is 1670 g/mol.